The van der Waals surface area contributed by atoms with Crippen molar-refractivity contribution in [3.63, 3.8) is 0 Å². The molecule has 1 atom stereocenters. The molecule has 2 aromatic rings. The van der Waals surface area contributed by atoms with Crippen LogP contribution in [0.25, 0.3) is 0 Å². The number of piperidine rings is 1. The summed E-state index contributed by atoms with van der Waals surface area (Å²) in [5.41, 5.74) is 2.54. The van der Waals surface area contributed by atoms with E-state index in [9.17, 15) is 0 Å². The normalized spacial score (nSPS) is 18.2. The predicted molar refractivity (Wildman–Crippen MR) is 115 cm³/mol. The Labute approximate surface area is 169 Å². The third-order valence-electron chi connectivity index (χ3n) is 5.53. The summed E-state index contributed by atoms with van der Waals surface area (Å²) in [6.45, 7) is 7.25. The molecule has 6 nitrogen and oxygen atoms in total. The van der Waals surface area contributed by atoms with Crippen LogP contribution in [-0.2, 0) is 13.1 Å². The van der Waals surface area contributed by atoms with E-state index in [4.69, 9.17) is 0 Å². The molecule has 1 aliphatic rings. The van der Waals surface area contributed by atoms with E-state index >= 15 is 0 Å². The Morgan fingerprint density at radius 3 is 2.79 bits per heavy atom. The highest BCUT2D eigenvalue weighted by molar-refractivity contribution is 5.79. The van der Waals surface area contributed by atoms with E-state index in [1.54, 1.807) is 0 Å². The molecule has 6 heteroatoms. The maximum absolute atomic E-state index is 4.37. The zero-order chi connectivity index (χ0) is 19.6. The molecule has 1 unspecified atom stereocenters. The first-order valence-corrected chi connectivity index (χ1v) is 10.5. The number of guanidine groups is 1. The van der Waals surface area contributed by atoms with Gasteiger partial charge in [-0.3, -0.25) is 9.67 Å². The molecule has 0 bridgehead atoms. The molecule has 2 heterocycles. The van der Waals surface area contributed by atoms with Crippen molar-refractivity contribution in [3.05, 3.63) is 53.9 Å². The lowest BCUT2D eigenvalue weighted by Crippen LogP contribution is -2.41. The number of aliphatic imine (C=N–C) groups is 1. The Balaban J connectivity index is 1.43. The molecule has 0 amide bonds. The molecule has 1 aromatic heterocycles. The fourth-order valence-electron chi connectivity index (χ4n) is 3.83. The Hall–Kier alpha value is -2.34. The largest absolute Gasteiger partial charge is 0.356 e. The van der Waals surface area contributed by atoms with Gasteiger partial charge < -0.3 is 15.5 Å². The molecule has 2 N–H and O–H groups in total. The Morgan fingerprint density at radius 1 is 1.18 bits per heavy atom. The maximum Gasteiger partial charge on any atom is 0.191 e. The highest BCUT2D eigenvalue weighted by Gasteiger charge is 2.17. The topological polar surface area (TPSA) is 57.5 Å². The van der Waals surface area contributed by atoms with Crippen molar-refractivity contribution in [2.24, 2.45) is 4.99 Å². The molecule has 1 saturated heterocycles. The Morgan fingerprint density at radius 2 is 2.04 bits per heavy atom. The van der Waals surface area contributed by atoms with Crippen LogP contribution >= 0.6 is 0 Å². The van der Waals surface area contributed by atoms with E-state index in [1.165, 1.54) is 36.9 Å². The number of nitrogens with zero attached hydrogens (tertiary/aromatic N) is 4. The number of rotatable bonds is 8. The van der Waals surface area contributed by atoms with Gasteiger partial charge in [-0.1, -0.05) is 30.7 Å². The van der Waals surface area contributed by atoms with Gasteiger partial charge in [-0.2, -0.15) is 5.10 Å². The molecule has 152 valence electrons. The van der Waals surface area contributed by atoms with Gasteiger partial charge in [0.15, 0.2) is 5.96 Å². The van der Waals surface area contributed by atoms with E-state index in [2.05, 4.69) is 56.8 Å². The summed E-state index contributed by atoms with van der Waals surface area (Å²) in [6.07, 6.45) is 9.02. The molecule has 0 saturated carbocycles. The van der Waals surface area contributed by atoms with Crippen LogP contribution in [0.5, 0.6) is 0 Å². The zero-order valence-electron chi connectivity index (χ0n) is 17.3. The molecule has 0 spiro atoms. The minimum Gasteiger partial charge on any atom is -0.356 e. The van der Waals surface area contributed by atoms with Gasteiger partial charge in [-0.05, 0) is 49.9 Å². The van der Waals surface area contributed by atoms with Gasteiger partial charge >= 0.3 is 0 Å². The lowest BCUT2D eigenvalue weighted by atomic mass is 10.0. The van der Waals surface area contributed by atoms with Crippen molar-refractivity contribution in [2.45, 2.75) is 51.7 Å². The first kappa shape index (κ1) is 20.4. The van der Waals surface area contributed by atoms with Gasteiger partial charge in [-0.15, -0.1) is 0 Å². The molecular formula is C22H34N6. The average Bonchev–Trinajstić information content (AvgIpc) is 3.23. The maximum atomic E-state index is 4.37. The van der Waals surface area contributed by atoms with Crippen molar-refractivity contribution in [3.8, 4) is 0 Å². The number of hydrogen-bond acceptors (Lipinski definition) is 3. The molecule has 28 heavy (non-hydrogen) atoms. The highest BCUT2D eigenvalue weighted by Crippen LogP contribution is 2.16. The van der Waals surface area contributed by atoms with Gasteiger partial charge in [0.05, 0.1) is 6.54 Å². The first-order chi connectivity index (χ1) is 13.8. The Bertz CT molecular complexity index is 724. The smallest absolute Gasteiger partial charge is 0.191 e. The molecule has 0 radical (unpaired) electrons. The standard InChI is InChI=1S/C22H34N6/c1-19-9-5-6-14-27(19)15-7-12-24-22(23-2)25-17-20-10-3-4-11-21(20)18-28-16-8-13-26-28/h3-4,8,10-11,13,16,19H,5-7,9,12,14-15,17-18H2,1-2H3,(H2,23,24,25). The summed E-state index contributed by atoms with van der Waals surface area (Å²) in [5, 5.41) is 11.2. The third kappa shape index (κ3) is 6.09. The third-order valence-corrected chi connectivity index (χ3v) is 5.53. The van der Waals surface area contributed by atoms with Crippen molar-refractivity contribution in [2.75, 3.05) is 26.7 Å². The summed E-state index contributed by atoms with van der Waals surface area (Å²) in [6, 6.07) is 11.2. The molecule has 1 fully saturated rings. The molecule has 1 aromatic carbocycles. The molecule has 0 aliphatic carbocycles. The van der Waals surface area contributed by atoms with E-state index in [0.717, 1.165) is 44.6 Å². The minimum absolute atomic E-state index is 0.734. The van der Waals surface area contributed by atoms with Gasteiger partial charge in [0.2, 0.25) is 0 Å². The number of hydrogen-bond donors (Lipinski definition) is 2. The second kappa shape index (κ2) is 10.9. The van der Waals surface area contributed by atoms with E-state index in [-0.39, 0.29) is 0 Å². The minimum atomic E-state index is 0.734. The van der Waals surface area contributed by atoms with Gasteiger partial charge in [0.1, 0.15) is 0 Å². The summed E-state index contributed by atoms with van der Waals surface area (Å²) in [7, 11) is 1.83. The van der Waals surface area contributed by atoms with Crippen LogP contribution in [0.1, 0.15) is 43.7 Å². The SMILES string of the molecule is CN=C(NCCCN1CCCCC1C)NCc1ccccc1Cn1cccn1. The summed E-state index contributed by atoms with van der Waals surface area (Å²) in [5.74, 6) is 0.862. The van der Waals surface area contributed by atoms with E-state index in [0.29, 0.717) is 0 Å². The summed E-state index contributed by atoms with van der Waals surface area (Å²) in [4.78, 5) is 6.99. The number of nitrogens with one attached hydrogen (secondary N) is 2. The number of benzene rings is 1. The second-order valence-corrected chi connectivity index (χ2v) is 7.56. The highest BCUT2D eigenvalue weighted by atomic mass is 15.3. The van der Waals surface area contributed by atoms with Crippen LogP contribution in [0.3, 0.4) is 0 Å². The van der Waals surface area contributed by atoms with E-state index < -0.39 is 0 Å². The predicted octanol–water partition coefficient (Wildman–Crippen LogP) is 2.86. The van der Waals surface area contributed by atoms with Gasteiger partial charge in [0, 0.05) is 45.1 Å². The van der Waals surface area contributed by atoms with Crippen molar-refractivity contribution in [1.82, 2.24) is 25.3 Å². The molecule has 3 rings (SSSR count). The van der Waals surface area contributed by atoms with Crippen LogP contribution in [0, 0.1) is 0 Å². The zero-order valence-corrected chi connectivity index (χ0v) is 17.3. The fourth-order valence-corrected chi connectivity index (χ4v) is 3.83. The monoisotopic (exact) mass is 382 g/mol. The lowest BCUT2D eigenvalue weighted by molar-refractivity contribution is 0.159. The first-order valence-electron chi connectivity index (χ1n) is 10.5. The quantitative estimate of drug-likeness (QED) is 0.419. The fraction of sp³-hybridized carbons (Fsp3) is 0.545. The van der Waals surface area contributed by atoms with Crippen LogP contribution in [0.4, 0.5) is 0 Å². The molecular weight excluding hydrogens is 348 g/mol. The number of aromatic nitrogens is 2. The van der Waals surface area contributed by atoms with Crippen molar-refractivity contribution >= 4 is 5.96 Å². The molecule has 1 aliphatic heterocycles. The average molecular weight is 383 g/mol. The van der Waals surface area contributed by atoms with Gasteiger partial charge in [-0.25, -0.2) is 0 Å². The number of likely N-dealkylation sites (tertiary alicyclic amines) is 1. The van der Waals surface area contributed by atoms with E-state index in [1.807, 2.05) is 30.2 Å². The van der Waals surface area contributed by atoms with Crippen LogP contribution in [0.2, 0.25) is 0 Å². The van der Waals surface area contributed by atoms with Crippen molar-refractivity contribution < 1.29 is 0 Å². The second-order valence-electron chi connectivity index (χ2n) is 7.56. The summed E-state index contributed by atoms with van der Waals surface area (Å²) >= 11 is 0. The lowest BCUT2D eigenvalue weighted by Gasteiger charge is -2.33. The Kier molecular flexibility index (Phi) is 7.91. The van der Waals surface area contributed by atoms with Gasteiger partial charge in [0.25, 0.3) is 0 Å². The van der Waals surface area contributed by atoms with Crippen LogP contribution in [-0.4, -0.2) is 53.4 Å². The van der Waals surface area contributed by atoms with Crippen molar-refractivity contribution in [1.29, 1.82) is 0 Å². The summed E-state index contributed by atoms with van der Waals surface area (Å²) < 4.78 is 1.95. The van der Waals surface area contributed by atoms with Crippen LogP contribution < -0.4 is 10.6 Å². The van der Waals surface area contributed by atoms with Crippen LogP contribution in [0.15, 0.2) is 47.7 Å².